The summed E-state index contributed by atoms with van der Waals surface area (Å²) in [5, 5.41) is 4.10. The highest BCUT2D eigenvalue weighted by atomic mass is 35.5. The van der Waals surface area contributed by atoms with Crippen molar-refractivity contribution >= 4 is 23.4 Å². The van der Waals surface area contributed by atoms with E-state index in [1.165, 1.54) is 0 Å². The number of ether oxygens (including phenoxy) is 1. The number of benzene rings is 1. The average Bonchev–Trinajstić information content (AvgIpc) is 2.56. The van der Waals surface area contributed by atoms with Gasteiger partial charge >= 0.3 is 0 Å². The monoisotopic (exact) mass is 332 g/mol. The van der Waals surface area contributed by atoms with Gasteiger partial charge in [-0.3, -0.25) is 0 Å². The Kier molecular flexibility index (Phi) is 4.98. The SMILES string of the molecule is Cc1c(Cl)cccc1-c1cc(NCC2CCOCC2)nc(N)n1. The van der Waals surface area contributed by atoms with E-state index in [0.717, 1.165) is 60.3 Å². The number of halogens is 1. The second-order valence-electron chi connectivity index (χ2n) is 5.85. The van der Waals surface area contributed by atoms with Gasteiger partial charge in [0, 0.05) is 36.4 Å². The van der Waals surface area contributed by atoms with Crippen molar-refractivity contribution < 1.29 is 4.74 Å². The molecule has 0 saturated carbocycles. The van der Waals surface area contributed by atoms with Crippen LogP contribution in [0.4, 0.5) is 11.8 Å². The summed E-state index contributed by atoms with van der Waals surface area (Å²) in [6, 6.07) is 7.70. The van der Waals surface area contributed by atoms with E-state index in [1.807, 2.05) is 31.2 Å². The van der Waals surface area contributed by atoms with Crippen LogP contribution in [0.15, 0.2) is 24.3 Å². The van der Waals surface area contributed by atoms with Crippen LogP contribution in [0, 0.1) is 12.8 Å². The number of nitrogens with one attached hydrogen (secondary N) is 1. The van der Waals surface area contributed by atoms with Crippen LogP contribution in [0.25, 0.3) is 11.3 Å². The van der Waals surface area contributed by atoms with Gasteiger partial charge in [0.1, 0.15) is 5.82 Å². The number of nitrogen functional groups attached to an aromatic ring is 1. The Morgan fingerprint density at radius 1 is 1.30 bits per heavy atom. The number of hydrogen-bond acceptors (Lipinski definition) is 5. The zero-order valence-corrected chi connectivity index (χ0v) is 13.9. The Morgan fingerprint density at radius 2 is 2.09 bits per heavy atom. The summed E-state index contributed by atoms with van der Waals surface area (Å²) in [6.07, 6.45) is 2.15. The lowest BCUT2D eigenvalue weighted by atomic mass is 10.0. The third-order valence-corrected chi connectivity index (χ3v) is 4.61. The number of nitrogens with two attached hydrogens (primary N) is 1. The molecule has 0 bridgehead atoms. The van der Waals surface area contributed by atoms with Crippen molar-refractivity contribution in [1.82, 2.24) is 9.97 Å². The molecule has 0 atom stereocenters. The molecule has 1 aliphatic heterocycles. The zero-order chi connectivity index (χ0) is 16.2. The molecule has 23 heavy (non-hydrogen) atoms. The molecule has 1 saturated heterocycles. The summed E-state index contributed by atoms with van der Waals surface area (Å²) in [5.74, 6) is 1.62. The highest BCUT2D eigenvalue weighted by Crippen LogP contribution is 2.28. The lowest BCUT2D eigenvalue weighted by Gasteiger charge is -2.22. The third kappa shape index (κ3) is 3.92. The van der Waals surface area contributed by atoms with Crippen LogP contribution in [0.1, 0.15) is 18.4 Å². The minimum absolute atomic E-state index is 0.261. The van der Waals surface area contributed by atoms with Crippen molar-refractivity contribution in [2.45, 2.75) is 19.8 Å². The molecule has 3 rings (SSSR count). The van der Waals surface area contributed by atoms with Crippen LogP contribution in [0.5, 0.6) is 0 Å². The summed E-state index contributed by atoms with van der Waals surface area (Å²) in [4.78, 5) is 8.64. The third-order valence-electron chi connectivity index (χ3n) is 4.20. The molecular weight excluding hydrogens is 312 g/mol. The van der Waals surface area contributed by atoms with Gasteiger partial charge in [0.2, 0.25) is 5.95 Å². The molecule has 1 aromatic heterocycles. The molecule has 122 valence electrons. The van der Waals surface area contributed by atoms with Crippen molar-refractivity contribution in [3.05, 3.63) is 34.9 Å². The predicted octanol–water partition coefficient (Wildman–Crippen LogP) is 3.53. The highest BCUT2D eigenvalue weighted by molar-refractivity contribution is 6.31. The first-order chi connectivity index (χ1) is 11.1. The van der Waals surface area contributed by atoms with Gasteiger partial charge in [-0.15, -0.1) is 0 Å². The minimum atomic E-state index is 0.261. The van der Waals surface area contributed by atoms with E-state index >= 15 is 0 Å². The second kappa shape index (κ2) is 7.15. The summed E-state index contributed by atoms with van der Waals surface area (Å²) in [6.45, 7) is 4.52. The van der Waals surface area contributed by atoms with Crippen molar-refractivity contribution in [3.8, 4) is 11.3 Å². The van der Waals surface area contributed by atoms with Gasteiger partial charge in [-0.2, -0.15) is 4.98 Å². The van der Waals surface area contributed by atoms with Crippen LogP contribution >= 0.6 is 11.6 Å². The van der Waals surface area contributed by atoms with Gasteiger partial charge in [0.25, 0.3) is 0 Å². The Balaban J connectivity index is 1.80. The van der Waals surface area contributed by atoms with E-state index in [-0.39, 0.29) is 5.95 Å². The first-order valence-corrected chi connectivity index (χ1v) is 8.23. The van der Waals surface area contributed by atoms with Gasteiger partial charge < -0.3 is 15.8 Å². The van der Waals surface area contributed by atoms with Crippen molar-refractivity contribution in [2.24, 2.45) is 5.92 Å². The Morgan fingerprint density at radius 3 is 2.87 bits per heavy atom. The van der Waals surface area contributed by atoms with E-state index in [1.54, 1.807) is 0 Å². The number of aromatic nitrogens is 2. The van der Waals surface area contributed by atoms with E-state index in [4.69, 9.17) is 22.1 Å². The van der Waals surface area contributed by atoms with Crippen LogP contribution in [0.3, 0.4) is 0 Å². The molecule has 6 heteroatoms. The van der Waals surface area contributed by atoms with Crippen LogP contribution < -0.4 is 11.1 Å². The predicted molar refractivity (Wildman–Crippen MR) is 93.7 cm³/mol. The number of hydrogen-bond donors (Lipinski definition) is 2. The smallest absolute Gasteiger partial charge is 0.222 e. The Hall–Kier alpha value is -1.85. The Bertz CT molecular complexity index is 686. The van der Waals surface area contributed by atoms with Gasteiger partial charge in [-0.1, -0.05) is 23.7 Å². The molecular formula is C17H21ClN4O. The average molecular weight is 333 g/mol. The van der Waals surface area contributed by atoms with Crippen LogP contribution in [-0.2, 0) is 4.74 Å². The molecule has 1 aliphatic rings. The van der Waals surface area contributed by atoms with Crippen LogP contribution in [0.2, 0.25) is 5.02 Å². The van der Waals surface area contributed by atoms with Crippen LogP contribution in [-0.4, -0.2) is 29.7 Å². The van der Waals surface area contributed by atoms with Gasteiger partial charge in [0.15, 0.2) is 0 Å². The van der Waals surface area contributed by atoms with Gasteiger partial charge in [-0.05, 0) is 37.3 Å². The fraction of sp³-hybridized carbons (Fsp3) is 0.412. The fourth-order valence-corrected chi connectivity index (χ4v) is 2.95. The van der Waals surface area contributed by atoms with Gasteiger partial charge in [-0.25, -0.2) is 4.98 Å². The Labute approximate surface area is 141 Å². The number of nitrogens with zero attached hydrogens (tertiary/aromatic N) is 2. The minimum Gasteiger partial charge on any atom is -0.381 e. The molecule has 3 N–H and O–H groups in total. The molecule has 0 unspecified atom stereocenters. The first kappa shape index (κ1) is 16.0. The van der Waals surface area contributed by atoms with E-state index in [0.29, 0.717) is 5.92 Å². The quantitative estimate of drug-likeness (QED) is 0.896. The molecule has 2 heterocycles. The van der Waals surface area contributed by atoms with Crippen molar-refractivity contribution in [3.63, 3.8) is 0 Å². The normalized spacial score (nSPS) is 15.6. The lowest BCUT2D eigenvalue weighted by molar-refractivity contribution is 0.0699. The molecule has 2 aromatic rings. The summed E-state index contributed by atoms with van der Waals surface area (Å²) in [5.41, 5.74) is 8.62. The molecule has 1 aromatic carbocycles. The summed E-state index contributed by atoms with van der Waals surface area (Å²) >= 11 is 6.20. The summed E-state index contributed by atoms with van der Waals surface area (Å²) in [7, 11) is 0. The number of rotatable bonds is 4. The maximum absolute atomic E-state index is 6.20. The molecule has 0 amide bonds. The number of anilines is 2. The largest absolute Gasteiger partial charge is 0.381 e. The topological polar surface area (TPSA) is 73.1 Å². The molecule has 1 fully saturated rings. The van der Waals surface area contributed by atoms with Gasteiger partial charge in [0.05, 0.1) is 5.69 Å². The summed E-state index contributed by atoms with van der Waals surface area (Å²) < 4.78 is 5.39. The standard InChI is InChI=1S/C17H21ClN4O/c1-11-13(3-2-4-14(11)18)15-9-16(22-17(19)21-15)20-10-12-5-7-23-8-6-12/h2-4,9,12H,5-8,10H2,1H3,(H3,19,20,21,22). The fourth-order valence-electron chi connectivity index (χ4n) is 2.78. The first-order valence-electron chi connectivity index (χ1n) is 7.85. The van der Waals surface area contributed by atoms with E-state index in [9.17, 15) is 0 Å². The maximum Gasteiger partial charge on any atom is 0.222 e. The van der Waals surface area contributed by atoms with Crippen molar-refractivity contribution in [1.29, 1.82) is 0 Å². The highest BCUT2D eigenvalue weighted by Gasteiger charge is 2.14. The molecule has 0 radical (unpaired) electrons. The second-order valence-corrected chi connectivity index (χ2v) is 6.25. The van der Waals surface area contributed by atoms with Crippen molar-refractivity contribution in [2.75, 3.05) is 30.8 Å². The van der Waals surface area contributed by atoms with E-state index < -0.39 is 0 Å². The molecule has 0 spiro atoms. The molecule has 5 nitrogen and oxygen atoms in total. The molecule has 0 aliphatic carbocycles. The van der Waals surface area contributed by atoms with E-state index in [2.05, 4.69) is 15.3 Å². The maximum atomic E-state index is 6.20. The lowest BCUT2D eigenvalue weighted by Crippen LogP contribution is -2.23. The zero-order valence-electron chi connectivity index (χ0n) is 13.2.